The van der Waals surface area contributed by atoms with Crippen molar-refractivity contribution in [3.05, 3.63) is 41.5 Å². The Hall–Kier alpha value is -2.17. The van der Waals surface area contributed by atoms with Crippen LogP contribution in [-0.4, -0.2) is 21.6 Å². The first-order valence-electron chi connectivity index (χ1n) is 6.81. The van der Waals surface area contributed by atoms with E-state index in [0.717, 1.165) is 29.2 Å². The van der Waals surface area contributed by atoms with Crippen molar-refractivity contribution in [2.24, 2.45) is 0 Å². The molecule has 0 spiro atoms. The molecule has 0 aliphatic rings. The fourth-order valence-electron chi connectivity index (χ4n) is 1.70. The topological polar surface area (TPSA) is 59.9 Å². The summed E-state index contributed by atoms with van der Waals surface area (Å²) in [5, 5.41) is 3.28. The molecule has 0 amide bonds. The summed E-state index contributed by atoms with van der Waals surface area (Å²) in [6.45, 7) is 7.31. The van der Waals surface area contributed by atoms with E-state index in [1.165, 1.54) is 0 Å². The highest BCUT2D eigenvalue weighted by molar-refractivity contribution is 5.40. The summed E-state index contributed by atoms with van der Waals surface area (Å²) in [5.74, 6) is 1.48. The van der Waals surface area contributed by atoms with Crippen LogP contribution in [0.25, 0.3) is 0 Å². The van der Waals surface area contributed by atoms with Gasteiger partial charge in [0.05, 0.1) is 18.0 Å². The molecule has 0 fully saturated rings. The normalized spacial score (nSPS) is 10.3. The van der Waals surface area contributed by atoms with Gasteiger partial charge in [-0.15, -0.1) is 0 Å². The van der Waals surface area contributed by atoms with Gasteiger partial charge in [-0.2, -0.15) is 0 Å². The number of aryl methyl sites for hydroxylation is 2. The number of nitrogens with one attached hydrogen (secondary N) is 1. The van der Waals surface area contributed by atoms with Crippen LogP contribution in [0.2, 0.25) is 0 Å². The molecular formula is C15H20N4O. The Kier molecular flexibility index (Phi) is 4.87. The maximum Gasteiger partial charge on any atom is 0.213 e. The monoisotopic (exact) mass is 272 g/mol. The Morgan fingerprint density at radius 2 is 2.00 bits per heavy atom. The van der Waals surface area contributed by atoms with Gasteiger partial charge in [0.25, 0.3) is 0 Å². The highest BCUT2D eigenvalue weighted by Crippen LogP contribution is 2.12. The van der Waals surface area contributed by atoms with Crippen LogP contribution in [0.15, 0.2) is 24.5 Å². The molecule has 0 atom stereocenters. The van der Waals surface area contributed by atoms with Crippen molar-refractivity contribution in [3.63, 3.8) is 0 Å². The van der Waals surface area contributed by atoms with E-state index in [2.05, 4.69) is 27.2 Å². The zero-order chi connectivity index (χ0) is 14.4. The Morgan fingerprint density at radius 1 is 1.15 bits per heavy atom. The first kappa shape index (κ1) is 14.2. The minimum Gasteiger partial charge on any atom is -0.478 e. The molecule has 20 heavy (non-hydrogen) atoms. The molecule has 0 aromatic carbocycles. The Balaban J connectivity index is 1.95. The molecular weight excluding hydrogens is 252 g/mol. The van der Waals surface area contributed by atoms with Gasteiger partial charge in [-0.25, -0.2) is 9.97 Å². The molecule has 0 aliphatic carbocycles. The largest absolute Gasteiger partial charge is 0.478 e. The van der Waals surface area contributed by atoms with Gasteiger partial charge < -0.3 is 10.1 Å². The highest BCUT2D eigenvalue weighted by Gasteiger charge is 2.02. The van der Waals surface area contributed by atoms with Crippen molar-refractivity contribution in [3.8, 4) is 5.88 Å². The molecule has 2 aromatic heterocycles. The Morgan fingerprint density at radius 3 is 2.70 bits per heavy atom. The Bertz CT molecular complexity index is 554. The zero-order valence-electron chi connectivity index (χ0n) is 12.2. The molecule has 5 nitrogen and oxygen atoms in total. The smallest absolute Gasteiger partial charge is 0.213 e. The summed E-state index contributed by atoms with van der Waals surface area (Å²) >= 11 is 0. The van der Waals surface area contributed by atoms with Crippen LogP contribution in [0.4, 0.5) is 5.82 Å². The third-order valence-corrected chi connectivity index (χ3v) is 2.79. The molecule has 0 aliphatic heterocycles. The lowest BCUT2D eigenvalue weighted by atomic mass is 10.3. The lowest BCUT2D eigenvalue weighted by Gasteiger charge is -2.09. The number of aromatic nitrogens is 3. The number of pyridine rings is 1. The lowest BCUT2D eigenvalue weighted by molar-refractivity contribution is 0.305. The zero-order valence-corrected chi connectivity index (χ0v) is 12.2. The number of nitrogens with zero attached hydrogens (tertiary/aromatic N) is 3. The van der Waals surface area contributed by atoms with E-state index in [0.29, 0.717) is 19.0 Å². The van der Waals surface area contributed by atoms with Gasteiger partial charge in [0.1, 0.15) is 5.82 Å². The van der Waals surface area contributed by atoms with E-state index in [4.69, 9.17) is 4.74 Å². The number of hydrogen-bond acceptors (Lipinski definition) is 5. The second-order valence-corrected chi connectivity index (χ2v) is 4.65. The van der Waals surface area contributed by atoms with Crippen LogP contribution in [0.5, 0.6) is 5.88 Å². The predicted octanol–water partition coefficient (Wildman–Crippen LogP) is 2.89. The summed E-state index contributed by atoms with van der Waals surface area (Å²) in [6, 6.07) is 3.89. The van der Waals surface area contributed by atoms with Crippen molar-refractivity contribution >= 4 is 5.82 Å². The van der Waals surface area contributed by atoms with Crippen LogP contribution in [0, 0.1) is 13.8 Å². The van der Waals surface area contributed by atoms with Crippen molar-refractivity contribution in [2.45, 2.75) is 33.7 Å². The fraction of sp³-hybridized carbons (Fsp3) is 0.400. The third kappa shape index (κ3) is 3.91. The van der Waals surface area contributed by atoms with Gasteiger partial charge in [-0.1, -0.05) is 13.0 Å². The van der Waals surface area contributed by atoms with Crippen LogP contribution in [-0.2, 0) is 6.54 Å². The van der Waals surface area contributed by atoms with Gasteiger partial charge in [0.2, 0.25) is 5.88 Å². The van der Waals surface area contributed by atoms with E-state index in [1.54, 1.807) is 6.20 Å². The highest BCUT2D eigenvalue weighted by atomic mass is 16.5. The van der Waals surface area contributed by atoms with E-state index in [9.17, 15) is 0 Å². The van der Waals surface area contributed by atoms with E-state index in [-0.39, 0.29) is 0 Å². The fourth-order valence-corrected chi connectivity index (χ4v) is 1.70. The molecule has 2 rings (SSSR count). The first-order valence-corrected chi connectivity index (χ1v) is 6.81. The average molecular weight is 272 g/mol. The second-order valence-electron chi connectivity index (χ2n) is 4.65. The van der Waals surface area contributed by atoms with Crippen molar-refractivity contribution in [1.82, 2.24) is 15.0 Å². The molecule has 2 aromatic rings. The predicted molar refractivity (Wildman–Crippen MR) is 78.9 cm³/mol. The molecule has 0 radical (unpaired) electrons. The summed E-state index contributed by atoms with van der Waals surface area (Å²) in [5.41, 5.74) is 2.88. The second kappa shape index (κ2) is 6.84. The van der Waals surface area contributed by atoms with Gasteiger partial charge in [0, 0.05) is 25.0 Å². The SMILES string of the molecule is CCCOc1ccc(CNc2nc(C)cnc2C)cn1. The standard InChI is InChI=1S/C15H20N4O/c1-4-7-20-14-6-5-13(9-17-14)10-18-15-12(3)16-8-11(2)19-15/h5-6,8-9H,4,7,10H2,1-3H3,(H,18,19). The van der Waals surface area contributed by atoms with E-state index < -0.39 is 0 Å². The van der Waals surface area contributed by atoms with Crippen LogP contribution >= 0.6 is 0 Å². The number of anilines is 1. The maximum atomic E-state index is 5.45. The van der Waals surface area contributed by atoms with Gasteiger partial charge in [-0.3, -0.25) is 4.98 Å². The van der Waals surface area contributed by atoms with E-state index >= 15 is 0 Å². The molecule has 2 heterocycles. The maximum absolute atomic E-state index is 5.45. The third-order valence-electron chi connectivity index (χ3n) is 2.79. The van der Waals surface area contributed by atoms with Gasteiger partial charge >= 0.3 is 0 Å². The molecule has 0 unspecified atom stereocenters. The number of hydrogen-bond donors (Lipinski definition) is 1. The first-order chi connectivity index (χ1) is 9.69. The van der Waals surface area contributed by atoms with Gasteiger partial charge in [-0.05, 0) is 25.8 Å². The number of ether oxygens (including phenoxy) is 1. The quantitative estimate of drug-likeness (QED) is 0.876. The van der Waals surface area contributed by atoms with Crippen molar-refractivity contribution < 1.29 is 4.74 Å². The average Bonchev–Trinajstić information content (AvgIpc) is 2.47. The molecule has 0 saturated heterocycles. The van der Waals surface area contributed by atoms with E-state index in [1.807, 2.05) is 32.2 Å². The van der Waals surface area contributed by atoms with Crippen LogP contribution in [0.1, 0.15) is 30.3 Å². The molecule has 0 saturated carbocycles. The minimum absolute atomic E-state index is 0.667. The van der Waals surface area contributed by atoms with Gasteiger partial charge in [0.15, 0.2) is 0 Å². The molecule has 5 heteroatoms. The van der Waals surface area contributed by atoms with Crippen LogP contribution in [0.3, 0.4) is 0 Å². The Labute approximate surface area is 119 Å². The summed E-state index contributed by atoms with van der Waals surface area (Å²) in [6.07, 6.45) is 4.56. The van der Waals surface area contributed by atoms with Crippen LogP contribution < -0.4 is 10.1 Å². The molecule has 1 N–H and O–H groups in total. The summed E-state index contributed by atoms with van der Waals surface area (Å²) < 4.78 is 5.45. The van der Waals surface area contributed by atoms with Crippen molar-refractivity contribution in [1.29, 1.82) is 0 Å². The molecule has 106 valence electrons. The number of rotatable bonds is 6. The summed E-state index contributed by atoms with van der Waals surface area (Å²) in [7, 11) is 0. The minimum atomic E-state index is 0.667. The lowest BCUT2D eigenvalue weighted by Crippen LogP contribution is -2.06. The van der Waals surface area contributed by atoms with Crippen molar-refractivity contribution in [2.75, 3.05) is 11.9 Å². The molecule has 0 bridgehead atoms. The summed E-state index contributed by atoms with van der Waals surface area (Å²) in [4.78, 5) is 13.0.